The average molecular weight is 836 g/mol. The summed E-state index contributed by atoms with van der Waals surface area (Å²) in [4.78, 5) is 72.0. The number of allylic oxidation sites excluding steroid dienone is 1. The highest BCUT2D eigenvalue weighted by Crippen LogP contribution is 2.52. The highest BCUT2D eigenvalue weighted by Gasteiger charge is 2.50. The van der Waals surface area contributed by atoms with E-state index in [2.05, 4.69) is 10.2 Å². The molecule has 0 aromatic heterocycles. The van der Waals surface area contributed by atoms with Gasteiger partial charge in [-0.3, -0.25) is 19.2 Å². The van der Waals surface area contributed by atoms with Crippen LogP contribution in [0.15, 0.2) is 30.4 Å². The fourth-order valence-corrected chi connectivity index (χ4v) is 9.22. The minimum absolute atomic E-state index is 0.0596. The second-order valence-corrected chi connectivity index (χ2v) is 16.9. The Morgan fingerprint density at radius 3 is 2.43 bits per heavy atom. The second kappa shape index (κ2) is 16.9. The van der Waals surface area contributed by atoms with Crippen LogP contribution < -0.4 is 10.1 Å². The minimum atomic E-state index is -2.36. The zero-order valence-electron chi connectivity index (χ0n) is 34.1. The number of Topliss-reactive ketones (excluding diaryl/α,β-unsaturated/α-hetero) is 1. The number of nitrogens with one attached hydrogen (secondary N) is 1. The van der Waals surface area contributed by atoms with Gasteiger partial charge in [0.15, 0.2) is 17.9 Å². The van der Waals surface area contributed by atoms with Gasteiger partial charge in [0, 0.05) is 67.5 Å². The molecule has 2 saturated heterocycles. The summed E-state index contributed by atoms with van der Waals surface area (Å²) < 4.78 is 23.4. The Balaban J connectivity index is 1.10. The van der Waals surface area contributed by atoms with Crippen molar-refractivity contribution in [1.82, 2.24) is 15.1 Å². The zero-order valence-corrected chi connectivity index (χ0v) is 34.1. The van der Waals surface area contributed by atoms with Crippen molar-refractivity contribution in [2.45, 2.75) is 101 Å². The van der Waals surface area contributed by atoms with Crippen molar-refractivity contribution in [3.8, 4) is 17.2 Å². The van der Waals surface area contributed by atoms with Gasteiger partial charge < -0.3 is 59.6 Å². The first kappa shape index (κ1) is 43.2. The topological polar surface area (TPSA) is 242 Å². The van der Waals surface area contributed by atoms with Gasteiger partial charge in [0.2, 0.25) is 11.7 Å². The molecule has 1 unspecified atom stereocenters. The molecule has 2 amide bonds. The van der Waals surface area contributed by atoms with E-state index in [1.807, 2.05) is 24.9 Å². The molecule has 8 atom stereocenters. The summed E-state index contributed by atoms with van der Waals surface area (Å²) in [5, 5.41) is 58.7. The van der Waals surface area contributed by atoms with Crippen LogP contribution in [-0.2, 0) is 30.2 Å². The zero-order chi connectivity index (χ0) is 43.3. The van der Waals surface area contributed by atoms with Crippen molar-refractivity contribution in [2.24, 2.45) is 5.41 Å². The first-order valence-electron chi connectivity index (χ1n) is 20.3. The molecule has 2 fully saturated rings. The summed E-state index contributed by atoms with van der Waals surface area (Å²) >= 11 is 0. The number of methoxy groups -OCH3 is 1. The Kier molecular flexibility index (Phi) is 12.1. The number of piperazine rings is 1. The molecule has 60 heavy (non-hydrogen) atoms. The van der Waals surface area contributed by atoms with Gasteiger partial charge in [0.05, 0.1) is 42.0 Å². The standard InChI is InChI=1S/C43H53N3O14/c1-22-35(49)26(44-41(55)59-23-8-5-6-12-42(2,13-11-23)40(54)46-16-14-45(3)15-17-46)18-30(58-22)60-28-20-43(56,29(48)21-47)19-25-32(28)39(53)34-33(37(25)51)36(50)24-9-7-10-27(57-4)31(24)38(34)52/h5,7-10,22-23,26,28,30,35,47,49,51,53,56H,6,11-21H2,1-4H3,(H,44,55)/b8-5+/t22-,23-,26-,28-,30?,35+,42+,43-/m0/s1. The quantitative estimate of drug-likeness (QED) is 0.141. The third-order valence-corrected chi connectivity index (χ3v) is 12.8. The van der Waals surface area contributed by atoms with Crippen molar-refractivity contribution in [2.75, 3.05) is 46.9 Å². The number of alkyl carbamates (subject to hydrolysis) is 1. The summed E-state index contributed by atoms with van der Waals surface area (Å²) in [5.74, 6) is -4.00. The van der Waals surface area contributed by atoms with Crippen LogP contribution in [0.1, 0.15) is 101 Å². The number of phenolic OH excluding ortho intramolecular Hbond substituents is 2. The van der Waals surface area contributed by atoms with Crippen LogP contribution in [0.4, 0.5) is 4.79 Å². The molecule has 7 rings (SSSR count). The average Bonchev–Trinajstić information content (AvgIpc) is 3.22. The van der Waals surface area contributed by atoms with Crippen molar-refractivity contribution >= 4 is 29.4 Å². The number of fused-ring (bicyclic) bond motifs is 3. The van der Waals surface area contributed by atoms with E-state index in [0.29, 0.717) is 38.8 Å². The highest BCUT2D eigenvalue weighted by molar-refractivity contribution is 6.31. The summed E-state index contributed by atoms with van der Waals surface area (Å²) in [6.07, 6.45) is -2.03. The van der Waals surface area contributed by atoms with Crippen molar-refractivity contribution in [3.63, 3.8) is 0 Å². The van der Waals surface area contributed by atoms with Crippen LogP contribution in [0.5, 0.6) is 17.2 Å². The number of hydrogen-bond acceptors (Lipinski definition) is 15. The summed E-state index contributed by atoms with van der Waals surface area (Å²) in [5.41, 5.74) is -4.71. The number of benzene rings is 2. The van der Waals surface area contributed by atoms with Crippen LogP contribution in [-0.4, -0.2) is 148 Å². The fourth-order valence-electron chi connectivity index (χ4n) is 9.22. The lowest BCUT2D eigenvalue weighted by Crippen LogP contribution is -2.56. The number of hydrogen-bond donors (Lipinski definition) is 6. The number of aromatic hydroxyl groups is 2. The lowest BCUT2D eigenvalue weighted by Gasteiger charge is -2.42. The first-order chi connectivity index (χ1) is 28.5. The van der Waals surface area contributed by atoms with Gasteiger partial charge in [-0.1, -0.05) is 25.1 Å². The predicted octanol–water partition coefficient (Wildman–Crippen LogP) is 2.05. The SMILES string of the molecule is COc1cccc2c1C(=O)c1c(O)c3c(c(O)c1C2=O)C[C@@](O)(C(=O)CO)C[C@@H]3OC1C[C@H](NC(=O)O[C@H]2/C=C/CC[C@@](C)(C(=O)N3CCN(C)CC3)CC2)[C@H](O)[C@H](C)O1. The van der Waals surface area contributed by atoms with Crippen LogP contribution in [0.2, 0.25) is 0 Å². The predicted molar refractivity (Wildman–Crippen MR) is 211 cm³/mol. The number of phenols is 2. The van der Waals surface area contributed by atoms with Gasteiger partial charge in [-0.05, 0) is 51.8 Å². The number of rotatable bonds is 8. The normalized spacial score (nSPS) is 31.1. The lowest BCUT2D eigenvalue weighted by molar-refractivity contribution is -0.249. The monoisotopic (exact) mass is 835 g/mol. The molecule has 6 N–H and O–H groups in total. The maximum atomic E-state index is 14.0. The molecular formula is C43H53N3O14. The summed E-state index contributed by atoms with van der Waals surface area (Å²) in [6.45, 7) is 5.33. The van der Waals surface area contributed by atoms with Gasteiger partial charge in [0.25, 0.3) is 0 Å². The fraction of sp³-hybridized carbons (Fsp3) is 0.558. The molecule has 324 valence electrons. The molecule has 0 spiro atoms. The number of ketones is 3. The van der Waals surface area contributed by atoms with Crippen LogP contribution >= 0.6 is 0 Å². The summed E-state index contributed by atoms with van der Waals surface area (Å²) in [6, 6.07) is 3.31. The Bertz CT molecular complexity index is 2100. The van der Waals surface area contributed by atoms with Crippen molar-refractivity contribution in [3.05, 3.63) is 63.7 Å². The molecule has 17 nitrogen and oxygen atoms in total. The number of ether oxygens (including phenoxy) is 4. The third kappa shape index (κ3) is 7.89. The van der Waals surface area contributed by atoms with Gasteiger partial charge in [-0.15, -0.1) is 0 Å². The van der Waals surface area contributed by atoms with Crippen LogP contribution in [0.25, 0.3) is 0 Å². The molecule has 0 radical (unpaired) electrons. The minimum Gasteiger partial charge on any atom is -0.507 e. The van der Waals surface area contributed by atoms with E-state index < -0.39 is 113 Å². The summed E-state index contributed by atoms with van der Waals surface area (Å²) in [7, 11) is 3.34. The molecule has 2 heterocycles. The molecular weight excluding hydrogens is 782 g/mol. The molecule has 2 aromatic rings. The van der Waals surface area contributed by atoms with E-state index in [0.717, 1.165) is 13.1 Å². The molecule has 0 bridgehead atoms. The number of amides is 2. The molecule has 2 aliphatic heterocycles. The number of aliphatic hydroxyl groups is 3. The Hall–Kier alpha value is -4.91. The maximum Gasteiger partial charge on any atom is 0.408 e. The van der Waals surface area contributed by atoms with Gasteiger partial charge in [0.1, 0.15) is 41.7 Å². The molecule has 2 aromatic carbocycles. The van der Waals surface area contributed by atoms with E-state index >= 15 is 0 Å². The highest BCUT2D eigenvalue weighted by atomic mass is 16.7. The van der Waals surface area contributed by atoms with E-state index in [1.54, 1.807) is 6.08 Å². The number of carbonyl (C=O) groups excluding carboxylic acids is 5. The number of aliphatic hydroxyl groups excluding tert-OH is 2. The van der Waals surface area contributed by atoms with Crippen molar-refractivity contribution < 1.29 is 68.5 Å². The smallest absolute Gasteiger partial charge is 0.408 e. The van der Waals surface area contributed by atoms with E-state index in [9.17, 15) is 49.5 Å². The number of nitrogens with zero attached hydrogens (tertiary/aromatic N) is 2. The van der Waals surface area contributed by atoms with E-state index in [1.165, 1.54) is 32.2 Å². The Morgan fingerprint density at radius 2 is 1.73 bits per heavy atom. The second-order valence-electron chi connectivity index (χ2n) is 16.9. The maximum absolute atomic E-state index is 14.0. The van der Waals surface area contributed by atoms with Gasteiger partial charge >= 0.3 is 6.09 Å². The molecule has 3 aliphatic carbocycles. The largest absolute Gasteiger partial charge is 0.507 e. The number of carbonyl (C=O) groups is 5. The lowest BCUT2D eigenvalue weighted by atomic mass is 9.72. The van der Waals surface area contributed by atoms with E-state index in [4.69, 9.17) is 18.9 Å². The van der Waals surface area contributed by atoms with Crippen LogP contribution in [0, 0.1) is 5.41 Å². The van der Waals surface area contributed by atoms with E-state index in [-0.39, 0.29) is 40.3 Å². The van der Waals surface area contributed by atoms with Gasteiger partial charge in [-0.25, -0.2) is 4.79 Å². The van der Waals surface area contributed by atoms with Crippen molar-refractivity contribution in [1.29, 1.82) is 0 Å². The third-order valence-electron chi connectivity index (χ3n) is 12.8. The number of likely N-dealkylation sites (N-methyl/N-ethyl adjacent to an activating group) is 1. The molecule has 0 saturated carbocycles. The Morgan fingerprint density at radius 1 is 1.02 bits per heavy atom. The van der Waals surface area contributed by atoms with Gasteiger partial charge in [-0.2, -0.15) is 0 Å². The molecule has 17 heteroatoms. The molecule has 5 aliphatic rings. The Labute approximate surface area is 346 Å². The first-order valence-corrected chi connectivity index (χ1v) is 20.3. The van der Waals surface area contributed by atoms with Crippen LogP contribution in [0.3, 0.4) is 0 Å².